The molecule has 0 aliphatic carbocycles. The van der Waals surface area contributed by atoms with Crippen molar-refractivity contribution >= 4 is 23.1 Å². The summed E-state index contributed by atoms with van der Waals surface area (Å²) in [4.78, 5) is 29.6. The van der Waals surface area contributed by atoms with E-state index in [1.165, 1.54) is 4.90 Å². The molecule has 1 aliphatic rings. The fourth-order valence-corrected chi connectivity index (χ4v) is 3.59. The van der Waals surface area contributed by atoms with Crippen LogP contribution in [-0.4, -0.2) is 42.0 Å². The number of aryl methyl sites for hydroxylation is 3. The maximum absolute atomic E-state index is 13.4. The van der Waals surface area contributed by atoms with Gasteiger partial charge < -0.3 is 10.0 Å². The van der Waals surface area contributed by atoms with Crippen LogP contribution in [-0.2, 0) is 16.0 Å². The first-order valence-electron chi connectivity index (χ1n) is 9.50. The second-order valence-electron chi connectivity index (χ2n) is 7.15. The van der Waals surface area contributed by atoms with E-state index in [-0.39, 0.29) is 25.0 Å². The number of rotatable bonds is 6. The minimum atomic E-state index is -0.361. The van der Waals surface area contributed by atoms with Gasteiger partial charge in [-0.1, -0.05) is 42.8 Å². The smallest absolute Gasteiger partial charge is 0.282 e. The number of anilines is 1. The highest BCUT2D eigenvalue weighted by Crippen LogP contribution is 2.35. The lowest BCUT2D eigenvalue weighted by Crippen LogP contribution is -2.34. The molecule has 0 saturated heterocycles. The molecule has 0 fully saturated rings. The standard InChI is InChI=1S/C23H26N2O3/c1-5-17-7-9-18(10-8-17)25-22(27)20(19-11-6-15(2)14-16(19)3)21(23(25)28)24(4)12-13-26/h6-11,14,26H,5,12-13H2,1-4H3. The molecule has 0 bridgehead atoms. The number of imide groups is 1. The maximum atomic E-state index is 13.4. The van der Waals surface area contributed by atoms with E-state index in [2.05, 4.69) is 6.92 Å². The Labute approximate surface area is 165 Å². The fraction of sp³-hybridized carbons (Fsp3) is 0.304. The Kier molecular flexibility index (Phi) is 5.66. The largest absolute Gasteiger partial charge is 0.395 e. The van der Waals surface area contributed by atoms with Crippen LogP contribution in [0.2, 0.25) is 0 Å². The molecule has 0 radical (unpaired) electrons. The third kappa shape index (κ3) is 3.45. The van der Waals surface area contributed by atoms with E-state index < -0.39 is 0 Å². The van der Waals surface area contributed by atoms with Crippen LogP contribution in [0.25, 0.3) is 5.57 Å². The van der Waals surface area contributed by atoms with E-state index in [0.717, 1.165) is 28.7 Å². The summed E-state index contributed by atoms with van der Waals surface area (Å²) >= 11 is 0. The number of likely N-dealkylation sites (N-methyl/N-ethyl adjacent to an activating group) is 1. The molecule has 5 nitrogen and oxygen atoms in total. The highest BCUT2D eigenvalue weighted by atomic mass is 16.3. The molecular weight excluding hydrogens is 352 g/mol. The van der Waals surface area contributed by atoms with Gasteiger partial charge in [0.25, 0.3) is 11.8 Å². The molecule has 0 atom stereocenters. The molecule has 5 heteroatoms. The minimum absolute atomic E-state index is 0.104. The molecule has 0 saturated carbocycles. The quantitative estimate of drug-likeness (QED) is 0.785. The first kappa shape index (κ1) is 19.8. The predicted molar refractivity (Wildman–Crippen MR) is 111 cm³/mol. The number of aliphatic hydroxyl groups is 1. The van der Waals surface area contributed by atoms with Crippen LogP contribution in [0.4, 0.5) is 5.69 Å². The number of amides is 2. The predicted octanol–water partition coefficient (Wildman–Crippen LogP) is 3.07. The highest BCUT2D eigenvalue weighted by Gasteiger charge is 2.42. The summed E-state index contributed by atoms with van der Waals surface area (Å²) in [6.45, 7) is 6.16. The molecule has 2 aromatic carbocycles. The van der Waals surface area contributed by atoms with E-state index in [1.807, 2.05) is 56.3 Å². The normalized spacial score (nSPS) is 14.2. The van der Waals surface area contributed by atoms with Crippen LogP contribution in [0.5, 0.6) is 0 Å². The lowest BCUT2D eigenvalue weighted by molar-refractivity contribution is -0.120. The van der Waals surface area contributed by atoms with Gasteiger partial charge in [-0.2, -0.15) is 0 Å². The average Bonchev–Trinajstić information content (AvgIpc) is 2.92. The van der Waals surface area contributed by atoms with Crippen LogP contribution in [0, 0.1) is 13.8 Å². The molecule has 1 aliphatic heterocycles. The Balaban J connectivity index is 2.13. The van der Waals surface area contributed by atoms with Crippen LogP contribution >= 0.6 is 0 Å². The number of carbonyl (C=O) groups excluding carboxylic acids is 2. The van der Waals surface area contributed by atoms with Gasteiger partial charge in [-0.15, -0.1) is 0 Å². The third-order valence-corrected chi connectivity index (χ3v) is 5.13. The van der Waals surface area contributed by atoms with Gasteiger partial charge in [0.15, 0.2) is 0 Å². The van der Waals surface area contributed by atoms with Gasteiger partial charge in [0.1, 0.15) is 5.70 Å². The molecule has 1 N–H and O–H groups in total. The molecule has 0 spiro atoms. The monoisotopic (exact) mass is 378 g/mol. The molecule has 0 unspecified atom stereocenters. The van der Waals surface area contributed by atoms with Crippen molar-refractivity contribution in [3.05, 3.63) is 70.4 Å². The summed E-state index contributed by atoms with van der Waals surface area (Å²) in [5.41, 5.74) is 5.19. The summed E-state index contributed by atoms with van der Waals surface area (Å²) in [7, 11) is 1.73. The van der Waals surface area contributed by atoms with Crippen LogP contribution in [0.15, 0.2) is 48.2 Å². The van der Waals surface area contributed by atoms with E-state index >= 15 is 0 Å². The number of carbonyl (C=O) groups is 2. The van der Waals surface area contributed by atoms with E-state index in [4.69, 9.17) is 0 Å². The van der Waals surface area contributed by atoms with Gasteiger partial charge in [0, 0.05) is 13.6 Å². The third-order valence-electron chi connectivity index (χ3n) is 5.13. The van der Waals surface area contributed by atoms with Crippen LogP contribution in [0.3, 0.4) is 0 Å². The van der Waals surface area contributed by atoms with E-state index in [1.54, 1.807) is 11.9 Å². The Hall–Kier alpha value is -2.92. The van der Waals surface area contributed by atoms with Crippen molar-refractivity contribution < 1.29 is 14.7 Å². The van der Waals surface area contributed by atoms with E-state index in [9.17, 15) is 14.7 Å². The zero-order chi connectivity index (χ0) is 20.4. The number of benzene rings is 2. The van der Waals surface area contributed by atoms with Crippen LogP contribution < -0.4 is 4.90 Å². The van der Waals surface area contributed by atoms with E-state index in [0.29, 0.717) is 17.0 Å². The summed E-state index contributed by atoms with van der Waals surface area (Å²) < 4.78 is 0. The fourth-order valence-electron chi connectivity index (χ4n) is 3.59. The molecule has 1 heterocycles. The Morgan fingerprint density at radius 1 is 1.00 bits per heavy atom. The zero-order valence-corrected chi connectivity index (χ0v) is 16.8. The first-order valence-corrected chi connectivity index (χ1v) is 9.50. The molecule has 2 aromatic rings. The Morgan fingerprint density at radius 3 is 2.25 bits per heavy atom. The Bertz CT molecular complexity index is 945. The molecule has 2 amide bonds. The summed E-state index contributed by atoms with van der Waals surface area (Å²) in [6.07, 6.45) is 0.888. The molecule has 146 valence electrons. The lowest BCUT2D eigenvalue weighted by atomic mass is 9.97. The first-order chi connectivity index (χ1) is 13.4. The molecule has 28 heavy (non-hydrogen) atoms. The van der Waals surface area contributed by atoms with Gasteiger partial charge in [0.05, 0.1) is 17.9 Å². The number of aliphatic hydroxyl groups excluding tert-OH is 1. The molecule has 3 rings (SSSR count). The topological polar surface area (TPSA) is 60.9 Å². The van der Waals surface area contributed by atoms with Gasteiger partial charge in [-0.05, 0) is 49.1 Å². The molecule has 0 aromatic heterocycles. The second kappa shape index (κ2) is 7.98. The summed E-state index contributed by atoms with van der Waals surface area (Å²) in [5, 5.41) is 9.36. The lowest BCUT2D eigenvalue weighted by Gasteiger charge is -2.20. The van der Waals surface area contributed by atoms with Gasteiger partial charge in [-0.25, -0.2) is 4.90 Å². The van der Waals surface area contributed by atoms with Crippen molar-refractivity contribution in [3.63, 3.8) is 0 Å². The van der Waals surface area contributed by atoms with Crippen molar-refractivity contribution in [1.29, 1.82) is 0 Å². The number of hydrogen-bond donors (Lipinski definition) is 1. The maximum Gasteiger partial charge on any atom is 0.282 e. The van der Waals surface area contributed by atoms with Crippen molar-refractivity contribution in [2.45, 2.75) is 27.2 Å². The van der Waals surface area contributed by atoms with Gasteiger partial charge in [-0.3, -0.25) is 9.59 Å². The van der Waals surface area contributed by atoms with Crippen molar-refractivity contribution in [2.75, 3.05) is 25.1 Å². The van der Waals surface area contributed by atoms with Gasteiger partial charge >= 0.3 is 0 Å². The minimum Gasteiger partial charge on any atom is -0.395 e. The van der Waals surface area contributed by atoms with Crippen molar-refractivity contribution in [2.24, 2.45) is 0 Å². The SMILES string of the molecule is CCc1ccc(N2C(=O)C(c3ccc(C)cc3C)=C(N(C)CCO)C2=O)cc1. The number of hydrogen-bond acceptors (Lipinski definition) is 4. The highest BCUT2D eigenvalue weighted by molar-refractivity contribution is 6.45. The van der Waals surface area contributed by atoms with Crippen molar-refractivity contribution in [1.82, 2.24) is 4.90 Å². The summed E-state index contributed by atoms with van der Waals surface area (Å²) in [5.74, 6) is -0.693. The second-order valence-corrected chi connectivity index (χ2v) is 7.15. The summed E-state index contributed by atoms with van der Waals surface area (Å²) in [6, 6.07) is 13.3. The van der Waals surface area contributed by atoms with Crippen molar-refractivity contribution in [3.8, 4) is 0 Å². The molecular formula is C23H26N2O3. The van der Waals surface area contributed by atoms with Crippen LogP contribution in [0.1, 0.15) is 29.2 Å². The number of nitrogens with zero attached hydrogens (tertiary/aromatic N) is 2. The van der Waals surface area contributed by atoms with Gasteiger partial charge in [0.2, 0.25) is 0 Å². The zero-order valence-electron chi connectivity index (χ0n) is 16.8. The average molecular weight is 378 g/mol. The Morgan fingerprint density at radius 2 is 1.68 bits per heavy atom.